The van der Waals surface area contributed by atoms with Crippen LogP contribution < -0.4 is 10.6 Å². The van der Waals surface area contributed by atoms with Crippen LogP contribution >= 0.6 is 0 Å². The normalized spacial score (nSPS) is 46.9. The Balaban J connectivity index is 2.36. The first-order valence-electron chi connectivity index (χ1n) is 15.6. The first kappa shape index (κ1) is 37.3. The van der Waals surface area contributed by atoms with E-state index in [0.29, 0.717) is 19.4 Å². The third-order valence-corrected chi connectivity index (χ3v) is 9.46. The lowest BCUT2D eigenvalue weighted by atomic mass is 9.75. The number of methoxy groups -OCH3 is 1. The Labute approximate surface area is 253 Å². The van der Waals surface area contributed by atoms with E-state index in [4.69, 9.17) is 18.9 Å². The summed E-state index contributed by atoms with van der Waals surface area (Å²) in [4.78, 5) is 13.3. The fourth-order valence-electron chi connectivity index (χ4n) is 6.68. The van der Waals surface area contributed by atoms with Crippen molar-refractivity contribution in [3.05, 3.63) is 0 Å². The average Bonchev–Trinajstić information content (AvgIpc) is 2.90. The third kappa shape index (κ3) is 9.08. The van der Waals surface area contributed by atoms with E-state index < -0.39 is 71.5 Å². The van der Waals surface area contributed by atoms with E-state index in [1.54, 1.807) is 34.8 Å². The molecule has 0 amide bonds. The maximum atomic E-state index is 13.3. The van der Waals surface area contributed by atoms with Gasteiger partial charge in [-0.05, 0) is 85.7 Å². The summed E-state index contributed by atoms with van der Waals surface area (Å²) in [5, 5.41) is 51.4. The Kier molecular flexibility index (Phi) is 13.3. The van der Waals surface area contributed by atoms with Crippen LogP contribution in [0, 0.1) is 17.8 Å². The summed E-state index contributed by atoms with van der Waals surface area (Å²) in [6.07, 6.45) is -1.42. The summed E-state index contributed by atoms with van der Waals surface area (Å²) in [7, 11) is 1.56. The number of hydrogen-bond acceptors (Lipinski definition) is 11. The van der Waals surface area contributed by atoms with Gasteiger partial charge in [0, 0.05) is 26.1 Å². The van der Waals surface area contributed by atoms with Crippen molar-refractivity contribution < 1.29 is 44.2 Å². The maximum absolute atomic E-state index is 13.3. The van der Waals surface area contributed by atoms with Crippen LogP contribution in [0.4, 0.5) is 0 Å². The van der Waals surface area contributed by atoms with Gasteiger partial charge in [0.05, 0.1) is 23.7 Å². The molecule has 0 bridgehead atoms. The third-order valence-electron chi connectivity index (χ3n) is 9.46. The molecule has 0 spiro atoms. The summed E-state index contributed by atoms with van der Waals surface area (Å²) in [5.41, 5.74) is -5.09. The summed E-state index contributed by atoms with van der Waals surface area (Å²) in [5.74, 6) is -1.61. The number of rotatable bonds is 7. The molecule has 6 N–H and O–H groups in total. The zero-order chi connectivity index (χ0) is 32.1. The molecule has 11 nitrogen and oxygen atoms in total. The summed E-state index contributed by atoms with van der Waals surface area (Å²) in [6, 6.07) is -0.472. The van der Waals surface area contributed by atoms with E-state index in [1.165, 1.54) is 6.92 Å². The molecule has 2 aliphatic rings. The van der Waals surface area contributed by atoms with Crippen molar-refractivity contribution in [3.8, 4) is 0 Å². The second-order valence-corrected chi connectivity index (χ2v) is 13.9. The minimum Gasteiger partial charge on any atom is -0.462 e. The molecule has 0 aliphatic carbocycles. The molecule has 8 unspecified atom stereocenters. The van der Waals surface area contributed by atoms with Crippen molar-refractivity contribution in [1.29, 1.82) is 0 Å². The van der Waals surface area contributed by atoms with E-state index in [9.17, 15) is 25.2 Å². The zero-order valence-corrected chi connectivity index (χ0v) is 27.6. The Morgan fingerprint density at radius 2 is 1.69 bits per heavy atom. The minimum atomic E-state index is -1.68. The van der Waals surface area contributed by atoms with Crippen molar-refractivity contribution in [2.24, 2.45) is 17.8 Å². The highest BCUT2D eigenvalue weighted by atomic mass is 16.7. The molecule has 0 saturated carbocycles. The minimum absolute atomic E-state index is 0.0653. The monoisotopic (exact) mass is 604 g/mol. The predicted octanol–water partition coefficient (Wildman–Crippen LogP) is 1.73. The van der Waals surface area contributed by atoms with Gasteiger partial charge in [0.1, 0.15) is 29.5 Å². The van der Waals surface area contributed by atoms with Gasteiger partial charge in [-0.15, -0.1) is 0 Å². The van der Waals surface area contributed by atoms with E-state index in [0.717, 1.165) is 13.0 Å². The van der Waals surface area contributed by atoms with Crippen LogP contribution in [0.25, 0.3) is 0 Å². The second-order valence-electron chi connectivity index (χ2n) is 13.9. The summed E-state index contributed by atoms with van der Waals surface area (Å²) in [6.45, 7) is 17.5. The Morgan fingerprint density at radius 1 is 1.05 bits per heavy atom. The Hall–Kier alpha value is -0.890. The molecule has 42 heavy (non-hydrogen) atoms. The Bertz CT molecular complexity index is 858. The lowest BCUT2D eigenvalue weighted by Crippen LogP contribution is -2.70. The van der Waals surface area contributed by atoms with Crippen LogP contribution in [-0.4, -0.2) is 113 Å². The van der Waals surface area contributed by atoms with Gasteiger partial charge >= 0.3 is 5.97 Å². The van der Waals surface area contributed by atoms with Crippen molar-refractivity contribution in [2.75, 3.05) is 33.4 Å². The zero-order valence-electron chi connectivity index (χ0n) is 27.6. The van der Waals surface area contributed by atoms with E-state index >= 15 is 0 Å². The molecule has 2 saturated heterocycles. The van der Waals surface area contributed by atoms with Gasteiger partial charge in [-0.25, -0.2) is 0 Å². The van der Waals surface area contributed by atoms with Crippen LogP contribution in [0.1, 0.15) is 88.0 Å². The van der Waals surface area contributed by atoms with Crippen LogP contribution in [-0.2, 0) is 23.7 Å². The molecule has 248 valence electrons. The molecule has 12 atom stereocenters. The summed E-state index contributed by atoms with van der Waals surface area (Å²) < 4.78 is 24.2. The predicted molar refractivity (Wildman–Crippen MR) is 160 cm³/mol. The number of nitrogens with one attached hydrogen (secondary N) is 2. The molecule has 2 heterocycles. The number of aliphatic hydroxyl groups is 4. The van der Waals surface area contributed by atoms with E-state index in [1.807, 2.05) is 20.8 Å². The van der Waals surface area contributed by atoms with Crippen LogP contribution in [0.5, 0.6) is 0 Å². The standard InChI is InChI=1S/C31H60N2O9/c1-11-12-32-17-31(38)23(6)41-24(15-30(31,9)39-10)42-25-20(3)14-28(7,36)13-19(2)16-33-22(5)26(34)29(8,37)18-40-27(35)21(25)4/h19-26,32-34,36-38H,11-18H2,1-10H3/t19?,20?,21?,22?,23-,24-,25?,26?,28?,29?,30+,31-/m0/s1. The SMILES string of the molecule is CCCNC[C@]1(O)[C@H](C)O[C@@H](OC2C(C)CC(C)(O)CC(C)CNC(C)C(O)C(C)(O)COC(=O)C2C)C[C@@]1(C)OC. The number of cyclic esters (lactones) is 1. The van der Waals surface area contributed by atoms with Crippen molar-refractivity contribution in [2.45, 2.75) is 141 Å². The van der Waals surface area contributed by atoms with Crippen LogP contribution in [0.2, 0.25) is 0 Å². The van der Waals surface area contributed by atoms with Crippen molar-refractivity contribution in [3.63, 3.8) is 0 Å². The quantitative estimate of drug-likeness (QED) is 0.186. The molecule has 2 aliphatic heterocycles. The van der Waals surface area contributed by atoms with Crippen molar-refractivity contribution >= 4 is 5.97 Å². The first-order valence-corrected chi connectivity index (χ1v) is 15.6. The number of esters is 1. The van der Waals surface area contributed by atoms with Gasteiger partial charge in [0.15, 0.2) is 6.29 Å². The molecule has 0 aromatic heterocycles. The van der Waals surface area contributed by atoms with Crippen LogP contribution in [0.3, 0.4) is 0 Å². The highest BCUT2D eigenvalue weighted by molar-refractivity contribution is 5.72. The number of carbonyl (C=O) groups is 1. The van der Waals surface area contributed by atoms with Crippen LogP contribution in [0.15, 0.2) is 0 Å². The largest absolute Gasteiger partial charge is 0.462 e. The highest BCUT2D eigenvalue weighted by Crippen LogP contribution is 2.42. The molecule has 2 rings (SSSR count). The topological polar surface area (TPSA) is 159 Å². The Morgan fingerprint density at radius 3 is 2.29 bits per heavy atom. The van der Waals surface area contributed by atoms with Crippen molar-refractivity contribution in [1.82, 2.24) is 10.6 Å². The van der Waals surface area contributed by atoms with E-state index in [-0.39, 0.29) is 24.8 Å². The molecule has 0 radical (unpaired) electrons. The number of carbonyl (C=O) groups excluding carboxylic acids is 1. The van der Waals surface area contributed by atoms with Gasteiger partial charge in [-0.2, -0.15) is 0 Å². The molecule has 0 aromatic carbocycles. The van der Waals surface area contributed by atoms with Gasteiger partial charge in [0.25, 0.3) is 0 Å². The molecule has 0 aromatic rings. The second kappa shape index (κ2) is 14.9. The van der Waals surface area contributed by atoms with Gasteiger partial charge < -0.3 is 50.0 Å². The molecular weight excluding hydrogens is 544 g/mol. The number of ether oxygens (including phenoxy) is 4. The molecule has 2 fully saturated rings. The van der Waals surface area contributed by atoms with Gasteiger partial charge in [0.2, 0.25) is 0 Å². The number of aliphatic hydroxyl groups excluding tert-OH is 1. The highest BCUT2D eigenvalue weighted by Gasteiger charge is 2.57. The first-order chi connectivity index (χ1) is 19.3. The fourth-order valence-corrected chi connectivity index (χ4v) is 6.68. The molecular formula is C31H60N2O9. The lowest BCUT2D eigenvalue weighted by molar-refractivity contribution is -0.328. The van der Waals surface area contributed by atoms with E-state index in [2.05, 4.69) is 17.6 Å². The smallest absolute Gasteiger partial charge is 0.311 e. The molecule has 11 heteroatoms. The lowest BCUT2D eigenvalue weighted by Gasteiger charge is -2.53. The van der Waals surface area contributed by atoms with Gasteiger partial charge in [-0.3, -0.25) is 4.79 Å². The summed E-state index contributed by atoms with van der Waals surface area (Å²) >= 11 is 0. The number of hydrogen-bond donors (Lipinski definition) is 6. The fraction of sp³-hybridized carbons (Fsp3) is 0.968. The average molecular weight is 605 g/mol. The van der Waals surface area contributed by atoms with Gasteiger partial charge in [-0.1, -0.05) is 20.8 Å². The maximum Gasteiger partial charge on any atom is 0.311 e.